The highest BCUT2D eigenvalue weighted by molar-refractivity contribution is 7.16. The zero-order chi connectivity index (χ0) is 21.3. The van der Waals surface area contributed by atoms with Crippen molar-refractivity contribution in [3.8, 4) is 5.69 Å². The highest BCUT2D eigenvalue weighted by Gasteiger charge is 2.28. The topological polar surface area (TPSA) is 76.4 Å². The second-order valence-corrected chi connectivity index (χ2v) is 8.72. The number of hydrogen-bond acceptors (Lipinski definition) is 5. The molecule has 0 radical (unpaired) electrons. The van der Waals surface area contributed by atoms with Crippen molar-refractivity contribution >= 4 is 28.5 Å². The van der Waals surface area contributed by atoms with Crippen molar-refractivity contribution < 1.29 is 9.53 Å². The fourth-order valence-electron chi connectivity index (χ4n) is 3.83. The van der Waals surface area contributed by atoms with Gasteiger partial charge in [0.15, 0.2) is 0 Å². The second kappa shape index (κ2) is 8.44. The Morgan fingerprint density at radius 3 is 2.87 bits per heavy atom. The number of carbonyl (C=O) groups excluding carboxylic acids is 1. The van der Waals surface area contributed by atoms with E-state index in [4.69, 9.17) is 4.74 Å². The Morgan fingerprint density at radius 1 is 1.37 bits per heavy atom. The van der Waals surface area contributed by atoms with E-state index < -0.39 is 0 Å². The van der Waals surface area contributed by atoms with Gasteiger partial charge >= 0.3 is 5.97 Å². The van der Waals surface area contributed by atoms with E-state index in [1.54, 1.807) is 13.1 Å². The fourth-order valence-corrected chi connectivity index (χ4v) is 5.18. The maximum absolute atomic E-state index is 12.9. The van der Waals surface area contributed by atoms with Gasteiger partial charge in [0, 0.05) is 16.8 Å². The van der Waals surface area contributed by atoms with Crippen LogP contribution < -0.4 is 5.56 Å². The van der Waals surface area contributed by atoms with Gasteiger partial charge in [0.2, 0.25) is 0 Å². The predicted octanol–water partition coefficient (Wildman–Crippen LogP) is 4.59. The van der Waals surface area contributed by atoms with Crippen LogP contribution in [0, 0.1) is 12.8 Å². The number of aryl methyl sites for hydroxylation is 1. The van der Waals surface area contributed by atoms with E-state index in [1.807, 2.05) is 37.3 Å². The van der Waals surface area contributed by atoms with Crippen LogP contribution in [0.1, 0.15) is 52.3 Å². The molecule has 0 aliphatic heterocycles. The molecule has 3 aromatic rings. The van der Waals surface area contributed by atoms with Gasteiger partial charge in [0.25, 0.3) is 5.56 Å². The number of aromatic amines is 1. The number of thiophene rings is 1. The van der Waals surface area contributed by atoms with Crippen molar-refractivity contribution in [2.24, 2.45) is 10.9 Å². The van der Waals surface area contributed by atoms with Gasteiger partial charge in [-0.1, -0.05) is 25.1 Å². The maximum atomic E-state index is 12.9. The molecule has 0 amide bonds. The number of nitrogens with one attached hydrogen (secondary N) is 1. The van der Waals surface area contributed by atoms with E-state index in [9.17, 15) is 9.59 Å². The molecule has 0 bridgehead atoms. The third-order valence-electron chi connectivity index (χ3n) is 5.41. The molecule has 0 saturated heterocycles. The van der Waals surface area contributed by atoms with Crippen LogP contribution >= 0.6 is 11.3 Å². The molecule has 156 valence electrons. The number of benzene rings is 1. The van der Waals surface area contributed by atoms with Gasteiger partial charge in [-0.25, -0.2) is 14.5 Å². The summed E-state index contributed by atoms with van der Waals surface area (Å²) in [7, 11) is 0. The lowest BCUT2D eigenvalue weighted by Gasteiger charge is -2.18. The zero-order valence-electron chi connectivity index (χ0n) is 17.4. The normalized spacial score (nSPS) is 16.0. The molecule has 0 unspecified atom stereocenters. The van der Waals surface area contributed by atoms with Crippen LogP contribution in [0.2, 0.25) is 0 Å². The lowest BCUT2D eigenvalue weighted by Crippen LogP contribution is -2.17. The Balaban J connectivity index is 1.74. The molecular weight excluding hydrogens is 398 g/mol. The highest BCUT2D eigenvalue weighted by Crippen LogP contribution is 2.41. The summed E-state index contributed by atoms with van der Waals surface area (Å²) in [5.41, 5.74) is 3.43. The van der Waals surface area contributed by atoms with Crippen LogP contribution in [-0.4, -0.2) is 28.6 Å². The van der Waals surface area contributed by atoms with Crippen LogP contribution in [0.25, 0.3) is 5.69 Å². The van der Waals surface area contributed by atoms with Crippen molar-refractivity contribution in [2.75, 3.05) is 6.61 Å². The number of para-hydroxylation sites is 1. The van der Waals surface area contributed by atoms with Crippen LogP contribution in [0.15, 0.2) is 40.1 Å². The predicted molar refractivity (Wildman–Crippen MR) is 120 cm³/mol. The van der Waals surface area contributed by atoms with Crippen LogP contribution in [0.4, 0.5) is 5.00 Å². The molecule has 4 rings (SSSR count). The van der Waals surface area contributed by atoms with Crippen molar-refractivity contribution in [1.82, 2.24) is 9.78 Å². The lowest BCUT2D eigenvalue weighted by atomic mass is 9.88. The molecule has 2 aromatic heterocycles. The monoisotopic (exact) mass is 423 g/mol. The van der Waals surface area contributed by atoms with E-state index in [0.717, 1.165) is 36.2 Å². The van der Waals surface area contributed by atoms with E-state index in [-0.39, 0.29) is 11.5 Å². The van der Waals surface area contributed by atoms with Gasteiger partial charge in [-0.3, -0.25) is 9.89 Å². The Bertz CT molecular complexity index is 1150. The average Bonchev–Trinajstić information content (AvgIpc) is 3.23. The number of rotatable bonds is 5. The Morgan fingerprint density at radius 2 is 2.13 bits per heavy atom. The summed E-state index contributed by atoms with van der Waals surface area (Å²) in [5.74, 6) is 0.261. The number of fused-ring (bicyclic) bond motifs is 1. The molecular formula is C23H25N3O3S. The SMILES string of the molecule is CCOC(=O)c1c(N=Cc2c(C)[nH]n(-c3ccccc3)c2=O)sc2c1CC[C@H](C)C2. The Hall–Kier alpha value is -2.93. The molecule has 7 heteroatoms. The van der Waals surface area contributed by atoms with Gasteiger partial charge in [0.1, 0.15) is 5.00 Å². The average molecular weight is 424 g/mol. The fraction of sp³-hybridized carbons (Fsp3) is 0.348. The largest absolute Gasteiger partial charge is 0.462 e. The van der Waals surface area contributed by atoms with Crippen molar-refractivity contribution in [3.05, 3.63) is 67.9 Å². The summed E-state index contributed by atoms with van der Waals surface area (Å²) in [5, 5.41) is 3.73. The Kier molecular flexibility index (Phi) is 5.72. The molecule has 1 aliphatic rings. The third-order valence-corrected chi connectivity index (χ3v) is 6.58. The molecule has 1 N–H and O–H groups in total. The van der Waals surface area contributed by atoms with Crippen molar-refractivity contribution in [1.29, 1.82) is 0 Å². The van der Waals surface area contributed by atoms with E-state index in [1.165, 1.54) is 20.9 Å². The van der Waals surface area contributed by atoms with Gasteiger partial charge in [-0.05, 0) is 56.7 Å². The zero-order valence-corrected chi connectivity index (χ0v) is 18.2. The number of H-pyrrole nitrogens is 1. The van der Waals surface area contributed by atoms with E-state index in [0.29, 0.717) is 28.7 Å². The Labute approximate surface area is 179 Å². The third kappa shape index (κ3) is 3.77. The number of aliphatic imine (C=N–C) groups is 1. The quantitative estimate of drug-likeness (QED) is 0.482. The van der Waals surface area contributed by atoms with Crippen molar-refractivity contribution in [2.45, 2.75) is 40.0 Å². The van der Waals surface area contributed by atoms with Gasteiger partial charge in [0.05, 0.1) is 23.4 Å². The van der Waals surface area contributed by atoms with E-state index in [2.05, 4.69) is 17.0 Å². The number of aromatic nitrogens is 2. The van der Waals surface area contributed by atoms with Crippen molar-refractivity contribution in [3.63, 3.8) is 0 Å². The molecule has 1 aromatic carbocycles. The molecule has 0 spiro atoms. The first kappa shape index (κ1) is 20.3. The maximum Gasteiger partial charge on any atom is 0.341 e. The first-order valence-electron chi connectivity index (χ1n) is 10.2. The standard InChI is InChI=1S/C23H25N3O3S/c1-4-29-23(28)20-17-11-10-14(2)12-19(17)30-21(20)24-13-18-15(3)25-26(22(18)27)16-8-6-5-7-9-16/h5-9,13-14,25H,4,10-12H2,1-3H3/t14-/m0/s1. The van der Waals surface area contributed by atoms with Gasteiger partial charge in [-0.15, -0.1) is 11.3 Å². The molecule has 0 saturated carbocycles. The number of nitrogens with zero attached hydrogens (tertiary/aromatic N) is 2. The smallest absolute Gasteiger partial charge is 0.341 e. The number of ether oxygens (including phenoxy) is 1. The number of esters is 1. The summed E-state index contributed by atoms with van der Waals surface area (Å²) in [6.07, 6.45) is 4.43. The molecule has 1 aliphatic carbocycles. The minimum atomic E-state index is -0.329. The summed E-state index contributed by atoms with van der Waals surface area (Å²) < 4.78 is 6.81. The minimum Gasteiger partial charge on any atom is -0.462 e. The molecule has 1 atom stereocenters. The molecule has 30 heavy (non-hydrogen) atoms. The van der Waals surface area contributed by atoms with E-state index >= 15 is 0 Å². The van der Waals surface area contributed by atoms with Gasteiger partial charge < -0.3 is 4.74 Å². The number of carbonyl (C=O) groups is 1. The summed E-state index contributed by atoms with van der Waals surface area (Å²) in [6.45, 7) is 6.19. The van der Waals surface area contributed by atoms with Gasteiger partial charge in [-0.2, -0.15) is 0 Å². The first-order chi connectivity index (χ1) is 14.5. The van der Waals surface area contributed by atoms with Crippen LogP contribution in [0.3, 0.4) is 0 Å². The van der Waals surface area contributed by atoms with Crippen LogP contribution in [0.5, 0.6) is 0 Å². The minimum absolute atomic E-state index is 0.171. The highest BCUT2D eigenvalue weighted by atomic mass is 32.1. The molecule has 6 nitrogen and oxygen atoms in total. The second-order valence-electron chi connectivity index (χ2n) is 7.64. The summed E-state index contributed by atoms with van der Waals surface area (Å²) >= 11 is 1.54. The summed E-state index contributed by atoms with van der Waals surface area (Å²) in [6, 6.07) is 9.41. The lowest BCUT2D eigenvalue weighted by molar-refractivity contribution is 0.0526. The van der Waals surface area contributed by atoms with Crippen LogP contribution in [-0.2, 0) is 17.6 Å². The number of hydrogen-bond donors (Lipinski definition) is 1. The summed E-state index contributed by atoms with van der Waals surface area (Å²) in [4.78, 5) is 31.4. The molecule has 2 heterocycles. The first-order valence-corrected chi connectivity index (χ1v) is 11.0. The molecule has 0 fully saturated rings.